The van der Waals surface area contributed by atoms with E-state index in [4.69, 9.17) is 5.11 Å². The molecule has 0 unspecified atom stereocenters. The van der Waals surface area contributed by atoms with E-state index >= 15 is 0 Å². The van der Waals surface area contributed by atoms with Gasteiger partial charge in [0.25, 0.3) is 0 Å². The van der Waals surface area contributed by atoms with Crippen molar-refractivity contribution in [2.75, 3.05) is 6.61 Å². The lowest BCUT2D eigenvalue weighted by atomic mass is 9.89. The van der Waals surface area contributed by atoms with Crippen molar-refractivity contribution in [3.8, 4) is 0 Å². The maximum Gasteiger partial charge on any atom is 0.0771 e. The molecule has 0 radical (unpaired) electrons. The van der Waals surface area contributed by atoms with Crippen LogP contribution in [0.3, 0.4) is 0 Å². The van der Waals surface area contributed by atoms with E-state index < -0.39 is 24.4 Å². The van der Waals surface area contributed by atoms with Crippen LogP contribution in [0.5, 0.6) is 0 Å². The van der Waals surface area contributed by atoms with Crippen LogP contribution in [0.25, 0.3) is 0 Å². The zero-order valence-corrected chi connectivity index (χ0v) is 19.0. The minimum absolute atomic E-state index is 0.0685. The third-order valence-corrected chi connectivity index (χ3v) is 7.16. The van der Waals surface area contributed by atoms with Crippen molar-refractivity contribution < 1.29 is 25.5 Å². The molecule has 1 aromatic heterocycles. The molecule has 0 bridgehead atoms. The summed E-state index contributed by atoms with van der Waals surface area (Å²) >= 11 is 5.11. The van der Waals surface area contributed by atoms with Crippen molar-refractivity contribution in [3.63, 3.8) is 0 Å². The van der Waals surface area contributed by atoms with Gasteiger partial charge in [-0.2, -0.15) is 0 Å². The van der Waals surface area contributed by atoms with Gasteiger partial charge in [-0.05, 0) is 72.5 Å². The number of aliphatic hydroxyl groups is 5. The van der Waals surface area contributed by atoms with Gasteiger partial charge in [-0.1, -0.05) is 24.3 Å². The predicted octanol–water partition coefficient (Wildman–Crippen LogP) is 3.19. The lowest BCUT2D eigenvalue weighted by molar-refractivity contribution is 0.0868. The normalized spacial score (nSPS) is 27.2. The molecule has 0 saturated heterocycles. The molecule has 1 fully saturated rings. The summed E-state index contributed by atoms with van der Waals surface area (Å²) in [4.78, 5) is 1.22. The van der Waals surface area contributed by atoms with Gasteiger partial charge >= 0.3 is 0 Å². The number of unbranched alkanes of at least 4 members (excludes halogenated alkanes) is 1. The lowest BCUT2D eigenvalue weighted by Crippen LogP contribution is -2.20. The Kier molecular flexibility index (Phi) is 11.1. The highest BCUT2D eigenvalue weighted by molar-refractivity contribution is 9.11. The van der Waals surface area contributed by atoms with Gasteiger partial charge in [0.1, 0.15) is 0 Å². The van der Waals surface area contributed by atoms with E-state index in [1.165, 1.54) is 4.88 Å². The average molecular weight is 489 g/mol. The molecule has 29 heavy (non-hydrogen) atoms. The predicted molar refractivity (Wildman–Crippen MR) is 120 cm³/mol. The molecule has 5 nitrogen and oxygen atoms in total. The number of aryl methyl sites for hydroxylation is 1. The SMILES string of the molecule is OC[C@H](O)CCCC=CC[C@@H]1[C@@H](C=C[C@@H](O)CCc2ccc(Br)s2)[C@H](O)C[C@@H]1O. The Bertz CT molecular complexity index is 647. The quantitative estimate of drug-likeness (QED) is 0.229. The molecular formula is C22H33BrO5S. The largest absolute Gasteiger partial charge is 0.394 e. The van der Waals surface area contributed by atoms with Crippen molar-refractivity contribution in [1.29, 1.82) is 0 Å². The Morgan fingerprint density at radius 2 is 1.93 bits per heavy atom. The second-order valence-corrected chi connectivity index (χ2v) is 10.3. The number of hydrogen-bond donors (Lipinski definition) is 5. The molecule has 1 aromatic rings. The van der Waals surface area contributed by atoms with E-state index in [2.05, 4.69) is 22.0 Å². The summed E-state index contributed by atoms with van der Waals surface area (Å²) in [5.41, 5.74) is 0. The van der Waals surface area contributed by atoms with Gasteiger partial charge in [-0.15, -0.1) is 11.3 Å². The van der Waals surface area contributed by atoms with Gasteiger partial charge in [0.15, 0.2) is 0 Å². The highest BCUT2D eigenvalue weighted by Gasteiger charge is 2.39. The molecule has 1 heterocycles. The summed E-state index contributed by atoms with van der Waals surface area (Å²) in [6.45, 7) is -0.208. The van der Waals surface area contributed by atoms with Gasteiger partial charge in [0.05, 0.1) is 34.8 Å². The summed E-state index contributed by atoms with van der Waals surface area (Å²) in [7, 11) is 0. The first-order chi connectivity index (χ1) is 13.9. The van der Waals surface area contributed by atoms with E-state index in [9.17, 15) is 20.4 Å². The van der Waals surface area contributed by atoms with E-state index in [0.717, 1.165) is 23.0 Å². The highest BCUT2D eigenvalue weighted by Crippen LogP contribution is 2.36. The zero-order valence-electron chi connectivity index (χ0n) is 16.6. The number of thiophene rings is 1. The lowest BCUT2D eigenvalue weighted by Gasteiger charge is -2.19. The fraction of sp³-hybridized carbons (Fsp3) is 0.636. The van der Waals surface area contributed by atoms with Gasteiger partial charge in [0, 0.05) is 17.2 Å². The molecule has 0 amide bonds. The number of aliphatic hydroxyl groups excluding tert-OH is 5. The molecular weight excluding hydrogens is 456 g/mol. The summed E-state index contributed by atoms with van der Waals surface area (Å²) in [5, 5.41) is 49.0. The van der Waals surface area contributed by atoms with E-state index in [1.54, 1.807) is 17.4 Å². The topological polar surface area (TPSA) is 101 Å². The Labute approximate surface area is 185 Å². The highest BCUT2D eigenvalue weighted by atomic mass is 79.9. The standard InChI is InChI=1S/C22H33BrO5S/c23-22-12-10-17(29-22)9-7-15(25)8-11-19-18(20(27)13-21(19)28)6-4-2-1-3-5-16(26)14-24/h2,4,8,10-12,15-16,18-21,24-28H,1,3,5-7,9,13-14H2/t15-,16+,18+,19+,20-,21+/m0/s1. The summed E-state index contributed by atoms with van der Waals surface area (Å²) in [6, 6.07) is 4.06. The van der Waals surface area contributed by atoms with Crippen LogP contribution >= 0.6 is 27.3 Å². The fourth-order valence-corrected chi connectivity index (χ4v) is 5.27. The molecule has 7 heteroatoms. The van der Waals surface area contributed by atoms with Gasteiger partial charge in [-0.25, -0.2) is 0 Å². The summed E-state index contributed by atoms with van der Waals surface area (Å²) in [6.07, 6.45) is 9.89. The van der Waals surface area contributed by atoms with E-state index in [1.807, 2.05) is 24.3 Å². The number of hydrogen-bond acceptors (Lipinski definition) is 6. The molecule has 0 aliphatic heterocycles. The maximum absolute atomic E-state index is 10.3. The van der Waals surface area contributed by atoms with Crippen molar-refractivity contribution in [2.45, 2.75) is 69.4 Å². The van der Waals surface area contributed by atoms with Crippen LogP contribution in [0, 0.1) is 11.8 Å². The van der Waals surface area contributed by atoms with Gasteiger partial charge < -0.3 is 25.5 Å². The minimum atomic E-state index is -0.655. The Morgan fingerprint density at radius 1 is 1.14 bits per heavy atom. The first-order valence-corrected chi connectivity index (χ1v) is 11.9. The fourth-order valence-electron chi connectivity index (χ4n) is 3.77. The van der Waals surface area contributed by atoms with Crippen molar-refractivity contribution in [1.82, 2.24) is 0 Å². The molecule has 0 spiro atoms. The average Bonchev–Trinajstić information content (AvgIpc) is 3.23. The first kappa shape index (κ1) is 24.7. The van der Waals surface area contributed by atoms with Crippen molar-refractivity contribution >= 4 is 27.3 Å². The van der Waals surface area contributed by atoms with Crippen molar-refractivity contribution in [3.05, 3.63) is 45.1 Å². The number of rotatable bonds is 12. The molecule has 5 N–H and O–H groups in total. The van der Waals surface area contributed by atoms with Crippen LogP contribution in [0.4, 0.5) is 0 Å². The van der Waals surface area contributed by atoms with Crippen LogP contribution in [0.15, 0.2) is 40.2 Å². The Morgan fingerprint density at radius 3 is 2.62 bits per heavy atom. The molecule has 2 rings (SSSR count). The van der Waals surface area contributed by atoms with Crippen molar-refractivity contribution in [2.24, 2.45) is 11.8 Å². The number of allylic oxidation sites excluding steroid dienone is 2. The Balaban J connectivity index is 1.79. The summed E-state index contributed by atoms with van der Waals surface area (Å²) in [5.74, 6) is -0.239. The first-order valence-electron chi connectivity index (χ1n) is 10.3. The third kappa shape index (κ3) is 8.61. The molecule has 164 valence electrons. The van der Waals surface area contributed by atoms with Crippen LogP contribution in [-0.4, -0.2) is 56.6 Å². The number of halogens is 1. The maximum atomic E-state index is 10.3. The van der Waals surface area contributed by atoms with Gasteiger partial charge in [-0.3, -0.25) is 0 Å². The second-order valence-electron chi connectivity index (χ2n) is 7.78. The minimum Gasteiger partial charge on any atom is -0.394 e. The van der Waals surface area contributed by atoms with Crippen LogP contribution in [0.1, 0.15) is 43.4 Å². The van der Waals surface area contributed by atoms with E-state index in [0.29, 0.717) is 25.7 Å². The smallest absolute Gasteiger partial charge is 0.0771 e. The monoisotopic (exact) mass is 488 g/mol. The van der Waals surface area contributed by atoms with Gasteiger partial charge in [0.2, 0.25) is 0 Å². The van der Waals surface area contributed by atoms with Crippen LogP contribution < -0.4 is 0 Å². The molecule has 1 aliphatic rings. The Hall–Kier alpha value is -0.540. The molecule has 6 atom stereocenters. The summed E-state index contributed by atoms with van der Waals surface area (Å²) < 4.78 is 1.08. The van der Waals surface area contributed by atoms with Crippen LogP contribution in [-0.2, 0) is 6.42 Å². The molecule has 1 aliphatic carbocycles. The van der Waals surface area contributed by atoms with E-state index in [-0.39, 0.29) is 18.4 Å². The molecule has 1 saturated carbocycles. The third-order valence-electron chi connectivity index (χ3n) is 5.48. The molecule has 0 aromatic carbocycles. The second kappa shape index (κ2) is 13.0. The van der Waals surface area contributed by atoms with Crippen LogP contribution in [0.2, 0.25) is 0 Å². The zero-order chi connectivity index (χ0) is 21.2.